The maximum Gasteiger partial charge on any atom is 0.258 e. The summed E-state index contributed by atoms with van der Waals surface area (Å²) in [6.45, 7) is 3.31. The number of aryl methyl sites for hydroxylation is 1. The quantitative estimate of drug-likeness (QED) is 0.728. The van der Waals surface area contributed by atoms with Gasteiger partial charge in [-0.15, -0.1) is 0 Å². The summed E-state index contributed by atoms with van der Waals surface area (Å²) in [5, 5.41) is 3.82. The number of hydrogen-bond acceptors (Lipinski definition) is 5. The molecule has 116 valence electrons. The number of fused-ring (bicyclic) bond motifs is 1. The third-order valence-corrected chi connectivity index (χ3v) is 4.02. The van der Waals surface area contributed by atoms with Crippen molar-refractivity contribution in [3.63, 3.8) is 0 Å². The highest BCUT2D eigenvalue weighted by atomic mass is 19.1. The molecule has 0 unspecified atom stereocenters. The molecule has 1 aromatic carbocycles. The molecule has 1 aliphatic rings. The van der Waals surface area contributed by atoms with Crippen molar-refractivity contribution < 1.29 is 8.91 Å². The Balaban J connectivity index is 1.63. The van der Waals surface area contributed by atoms with E-state index in [4.69, 9.17) is 4.52 Å². The summed E-state index contributed by atoms with van der Waals surface area (Å²) in [5.41, 5.74) is 3.06. The summed E-state index contributed by atoms with van der Waals surface area (Å²) >= 11 is 0. The second kappa shape index (κ2) is 5.46. The van der Waals surface area contributed by atoms with Gasteiger partial charge in [0.15, 0.2) is 5.82 Å². The van der Waals surface area contributed by atoms with E-state index in [9.17, 15) is 4.39 Å². The molecule has 0 bridgehead atoms. The predicted molar refractivity (Wildman–Crippen MR) is 83.4 cm³/mol. The molecule has 0 saturated heterocycles. The molecular formula is C17H15FN4O. The van der Waals surface area contributed by atoms with E-state index in [0.29, 0.717) is 11.7 Å². The SMILES string of the molecule is Cc1noc(-c2ccnc(N3CCc4cc(F)ccc4C3)c2)n1. The van der Waals surface area contributed by atoms with Crippen LogP contribution < -0.4 is 4.90 Å². The van der Waals surface area contributed by atoms with Crippen LogP contribution in [-0.4, -0.2) is 21.7 Å². The Morgan fingerprint density at radius 2 is 2.09 bits per heavy atom. The average Bonchev–Trinajstić information content (AvgIpc) is 3.01. The van der Waals surface area contributed by atoms with Gasteiger partial charge >= 0.3 is 0 Å². The number of nitrogens with zero attached hydrogens (tertiary/aromatic N) is 4. The number of benzene rings is 1. The Morgan fingerprint density at radius 1 is 1.17 bits per heavy atom. The van der Waals surface area contributed by atoms with E-state index < -0.39 is 0 Å². The molecular weight excluding hydrogens is 295 g/mol. The van der Waals surface area contributed by atoms with Crippen molar-refractivity contribution in [1.82, 2.24) is 15.1 Å². The molecule has 0 radical (unpaired) electrons. The first-order valence-electron chi connectivity index (χ1n) is 7.48. The molecule has 3 heterocycles. The van der Waals surface area contributed by atoms with Crippen LogP contribution in [0.4, 0.5) is 10.2 Å². The van der Waals surface area contributed by atoms with Crippen LogP contribution in [0.1, 0.15) is 17.0 Å². The van der Waals surface area contributed by atoms with Crippen LogP contribution in [0.2, 0.25) is 0 Å². The molecule has 1 aliphatic heterocycles. The molecule has 23 heavy (non-hydrogen) atoms. The Labute approximate surface area is 132 Å². The largest absolute Gasteiger partial charge is 0.352 e. The Bertz CT molecular complexity index is 861. The molecule has 4 rings (SSSR count). The number of halogens is 1. The lowest BCUT2D eigenvalue weighted by Gasteiger charge is -2.29. The van der Waals surface area contributed by atoms with Crippen LogP contribution >= 0.6 is 0 Å². The van der Waals surface area contributed by atoms with Gasteiger partial charge in [0.05, 0.1) is 0 Å². The van der Waals surface area contributed by atoms with Crippen LogP contribution in [0.5, 0.6) is 0 Å². The summed E-state index contributed by atoms with van der Waals surface area (Å²) in [7, 11) is 0. The van der Waals surface area contributed by atoms with Gasteiger partial charge in [-0.3, -0.25) is 0 Å². The zero-order valence-corrected chi connectivity index (χ0v) is 12.7. The van der Waals surface area contributed by atoms with Gasteiger partial charge in [-0.2, -0.15) is 4.98 Å². The molecule has 5 nitrogen and oxygen atoms in total. The van der Waals surface area contributed by atoms with Gasteiger partial charge in [-0.1, -0.05) is 11.2 Å². The first-order valence-corrected chi connectivity index (χ1v) is 7.48. The highest BCUT2D eigenvalue weighted by Gasteiger charge is 2.19. The second-order valence-electron chi connectivity index (χ2n) is 5.63. The van der Waals surface area contributed by atoms with Crippen molar-refractivity contribution >= 4 is 5.82 Å². The molecule has 0 N–H and O–H groups in total. The van der Waals surface area contributed by atoms with Gasteiger partial charge in [0.25, 0.3) is 5.89 Å². The Morgan fingerprint density at radius 3 is 2.91 bits per heavy atom. The van der Waals surface area contributed by atoms with E-state index in [-0.39, 0.29) is 5.82 Å². The van der Waals surface area contributed by atoms with E-state index in [2.05, 4.69) is 20.0 Å². The third-order valence-electron chi connectivity index (χ3n) is 4.02. The van der Waals surface area contributed by atoms with Crippen LogP contribution in [0.25, 0.3) is 11.5 Å². The first kappa shape index (κ1) is 13.9. The fourth-order valence-electron chi connectivity index (χ4n) is 2.86. The molecule has 0 aliphatic carbocycles. The lowest BCUT2D eigenvalue weighted by molar-refractivity contribution is 0.425. The van der Waals surface area contributed by atoms with E-state index >= 15 is 0 Å². The number of hydrogen-bond donors (Lipinski definition) is 0. The van der Waals surface area contributed by atoms with Gasteiger partial charge in [0.1, 0.15) is 11.6 Å². The molecule has 3 aromatic rings. The third kappa shape index (κ3) is 2.67. The fraction of sp³-hybridized carbons (Fsp3) is 0.235. The zero-order valence-electron chi connectivity index (χ0n) is 12.7. The monoisotopic (exact) mass is 310 g/mol. The molecule has 2 aromatic heterocycles. The molecule has 0 fully saturated rings. The summed E-state index contributed by atoms with van der Waals surface area (Å²) in [5.74, 6) is 1.77. The van der Waals surface area contributed by atoms with E-state index in [1.165, 1.54) is 6.07 Å². The van der Waals surface area contributed by atoms with Crippen molar-refractivity contribution in [2.24, 2.45) is 0 Å². The van der Waals surface area contributed by atoms with E-state index in [1.54, 1.807) is 19.2 Å². The summed E-state index contributed by atoms with van der Waals surface area (Å²) < 4.78 is 18.5. The summed E-state index contributed by atoms with van der Waals surface area (Å²) in [6, 6.07) is 8.78. The van der Waals surface area contributed by atoms with Crippen molar-refractivity contribution in [3.8, 4) is 11.5 Å². The highest BCUT2D eigenvalue weighted by Crippen LogP contribution is 2.26. The predicted octanol–water partition coefficient (Wildman–Crippen LogP) is 3.14. The van der Waals surface area contributed by atoms with Crippen molar-refractivity contribution in [2.75, 3.05) is 11.4 Å². The van der Waals surface area contributed by atoms with Gasteiger partial charge < -0.3 is 9.42 Å². The Hall–Kier alpha value is -2.76. The van der Waals surface area contributed by atoms with E-state index in [1.807, 2.05) is 18.2 Å². The maximum absolute atomic E-state index is 13.3. The number of aromatic nitrogens is 3. The van der Waals surface area contributed by atoms with Gasteiger partial charge in [0.2, 0.25) is 0 Å². The van der Waals surface area contributed by atoms with Gasteiger partial charge in [-0.25, -0.2) is 9.37 Å². The highest BCUT2D eigenvalue weighted by molar-refractivity contribution is 5.59. The Kier molecular flexibility index (Phi) is 3.29. The van der Waals surface area contributed by atoms with Crippen molar-refractivity contribution in [3.05, 3.63) is 59.3 Å². The van der Waals surface area contributed by atoms with Crippen LogP contribution in [0, 0.1) is 12.7 Å². The molecule has 0 atom stereocenters. The molecule has 0 saturated carbocycles. The van der Waals surface area contributed by atoms with Gasteiger partial charge in [-0.05, 0) is 48.7 Å². The molecule has 0 spiro atoms. The number of pyridine rings is 1. The molecule has 0 amide bonds. The smallest absolute Gasteiger partial charge is 0.258 e. The minimum Gasteiger partial charge on any atom is -0.352 e. The van der Waals surface area contributed by atoms with Crippen LogP contribution in [0.3, 0.4) is 0 Å². The van der Waals surface area contributed by atoms with Crippen molar-refractivity contribution in [2.45, 2.75) is 19.9 Å². The summed E-state index contributed by atoms with van der Waals surface area (Å²) in [6.07, 6.45) is 2.54. The molecule has 6 heteroatoms. The first-order chi connectivity index (χ1) is 11.2. The zero-order chi connectivity index (χ0) is 15.8. The average molecular weight is 310 g/mol. The van der Waals surface area contributed by atoms with Gasteiger partial charge in [0, 0.05) is 24.8 Å². The fourth-order valence-corrected chi connectivity index (χ4v) is 2.86. The topological polar surface area (TPSA) is 55.1 Å². The maximum atomic E-state index is 13.3. The summed E-state index contributed by atoms with van der Waals surface area (Å²) in [4.78, 5) is 10.9. The van der Waals surface area contributed by atoms with E-state index in [0.717, 1.165) is 42.0 Å². The minimum absolute atomic E-state index is 0.177. The lowest BCUT2D eigenvalue weighted by Crippen LogP contribution is -2.31. The minimum atomic E-state index is -0.177. The van der Waals surface area contributed by atoms with Crippen LogP contribution in [-0.2, 0) is 13.0 Å². The lowest BCUT2D eigenvalue weighted by atomic mass is 9.99. The van der Waals surface area contributed by atoms with Crippen molar-refractivity contribution in [1.29, 1.82) is 0 Å². The second-order valence-corrected chi connectivity index (χ2v) is 5.63. The number of rotatable bonds is 2. The van der Waals surface area contributed by atoms with Crippen LogP contribution in [0.15, 0.2) is 41.1 Å². The standard InChI is InChI=1S/C17H15FN4O/c1-11-20-17(23-21-11)13-4-6-19-16(9-13)22-7-5-12-8-15(18)3-2-14(12)10-22/h2-4,6,8-9H,5,7,10H2,1H3. The normalized spacial score (nSPS) is 13.9. The number of anilines is 1.